The predicted molar refractivity (Wildman–Crippen MR) is 86.2 cm³/mol. The minimum atomic E-state index is -1.35. The summed E-state index contributed by atoms with van der Waals surface area (Å²) in [5.41, 5.74) is -0.0163. The normalized spacial score (nSPS) is 21.4. The van der Waals surface area contributed by atoms with Crippen molar-refractivity contribution < 1.29 is 34.3 Å². The van der Waals surface area contributed by atoms with Crippen molar-refractivity contribution >= 4 is 41.9 Å². The molecule has 1 amide bonds. The van der Waals surface area contributed by atoms with E-state index < -0.39 is 37.0 Å². The summed E-state index contributed by atoms with van der Waals surface area (Å²) in [6.07, 6.45) is 0.666. The molecule has 128 valence electrons. The average molecular weight is 353 g/mol. The number of thiophene rings is 1. The number of carbonyl (C=O) groups excluding carboxylic acids is 1. The first-order valence-electron chi connectivity index (χ1n) is 7.21. The van der Waals surface area contributed by atoms with Crippen LogP contribution in [0.25, 0.3) is 5.57 Å². The zero-order chi connectivity index (χ0) is 17.7. The Balaban J connectivity index is 2.03. The molecule has 0 bridgehead atoms. The van der Waals surface area contributed by atoms with E-state index >= 15 is 0 Å². The molecule has 8 nitrogen and oxygen atoms in total. The largest absolute Gasteiger partial charge is 0.481 e. The lowest BCUT2D eigenvalue weighted by atomic mass is 9.72. The Hall–Kier alpha value is -2.17. The van der Waals surface area contributed by atoms with Gasteiger partial charge in [-0.15, -0.1) is 11.3 Å². The molecule has 1 aliphatic heterocycles. The van der Waals surface area contributed by atoms with Gasteiger partial charge in [0.1, 0.15) is 0 Å². The first kappa shape index (κ1) is 18.2. The summed E-state index contributed by atoms with van der Waals surface area (Å²) in [6.45, 7) is 0. The van der Waals surface area contributed by atoms with Crippen molar-refractivity contribution in [3.8, 4) is 0 Å². The molecule has 0 radical (unpaired) electrons. The SMILES string of the molecule is O=C(O)C=C(C(=O)NC1CCC(CC(=O)O)OB1O)c1cccs1. The van der Waals surface area contributed by atoms with Crippen LogP contribution in [0, 0.1) is 0 Å². The van der Waals surface area contributed by atoms with Crippen LogP contribution in [0.15, 0.2) is 23.6 Å². The zero-order valence-corrected chi connectivity index (χ0v) is 13.4. The van der Waals surface area contributed by atoms with Gasteiger partial charge in [-0.2, -0.15) is 0 Å². The quantitative estimate of drug-likeness (QED) is 0.429. The number of aliphatic carboxylic acids is 2. The van der Waals surface area contributed by atoms with E-state index in [9.17, 15) is 19.4 Å². The first-order valence-corrected chi connectivity index (χ1v) is 8.09. The molecular weight excluding hydrogens is 337 g/mol. The average Bonchev–Trinajstić information content (AvgIpc) is 3.00. The van der Waals surface area contributed by atoms with Crippen molar-refractivity contribution in [1.29, 1.82) is 0 Å². The molecule has 1 aromatic heterocycles. The number of rotatable bonds is 6. The van der Waals surface area contributed by atoms with Crippen molar-refractivity contribution in [2.24, 2.45) is 0 Å². The topological polar surface area (TPSA) is 133 Å². The lowest BCUT2D eigenvalue weighted by Crippen LogP contribution is -2.53. The summed E-state index contributed by atoms with van der Waals surface area (Å²) in [4.78, 5) is 34.4. The summed E-state index contributed by atoms with van der Waals surface area (Å²) >= 11 is 1.22. The van der Waals surface area contributed by atoms with E-state index in [0.717, 1.165) is 6.08 Å². The summed E-state index contributed by atoms with van der Waals surface area (Å²) < 4.78 is 5.19. The second-order valence-corrected chi connectivity index (χ2v) is 6.23. The number of carbonyl (C=O) groups is 3. The number of carboxylic acids is 2. The number of nitrogens with one attached hydrogen (secondary N) is 1. The lowest BCUT2D eigenvalue weighted by molar-refractivity contribution is -0.139. The highest BCUT2D eigenvalue weighted by atomic mass is 32.1. The highest BCUT2D eigenvalue weighted by Gasteiger charge is 2.37. The third-order valence-electron chi connectivity index (χ3n) is 3.49. The molecule has 1 saturated heterocycles. The molecule has 0 aliphatic carbocycles. The Kier molecular flexibility index (Phi) is 6.13. The van der Waals surface area contributed by atoms with E-state index in [2.05, 4.69) is 5.32 Å². The van der Waals surface area contributed by atoms with Gasteiger partial charge in [0.25, 0.3) is 5.91 Å². The third kappa shape index (κ3) is 4.92. The molecule has 2 heterocycles. The van der Waals surface area contributed by atoms with Crippen LogP contribution in [-0.4, -0.2) is 52.2 Å². The van der Waals surface area contributed by atoms with E-state index in [1.807, 2.05) is 0 Å². The standard InChI is InChI=1S/C14H16BNO7S/c17-12(18)6-8-3-4-11(15(22)23-8)16-14(21)9(7-13(19)20)10-2-1-5-24-10/h1-2,5,7-8,11,22H,3-4,6H2,(H,16,21)(H,17,18)(H,19,20). The third-order valence-corrected chi connectivity index (χ3v) is 4.40. The minimum absolute atomic E-state index is 0.0163. The fraction of sp³-hybridized carbons (Fsp3) is 0.357. The molecule has 0 aromatic carbocycles. The van der Waals surface area contributed by atoms with Crippen LogP contribution < -0.4 is 5.32 Å². The van der Waals surface area contributed by atoms with Crippen LogP contribution in [0.4, 0.5) is 0 Å². The van der Waals surface area contributed by atoms with Gasteiger partial charge < -0.3 is 25.2 Å². The number of hydrogen-bond acceptors (Lipinski definition) is 6. The van der Waals surface area contributed by atoms with Crippen molar-refractivity contribution in [3.05, 3.63) is 28.5 Å². The Bertz CT molecular complexity index is 646. The summed E-state index contributed by atoms with van der Waals surface area (Å²) in [7, 11) is -1.35. The Morgan fingerprint density at radius 3 is 2.67 bits per heavy atom. The molecule has 10 heteroatoms. The molecule has 1 aromatic rings. The van der Waals surface area contributed by atoms with Gasteiger partial charge in [-0.05, 0) is 24.3 Å². The molecule has 2 unspecified atom stereocenters. The van der Waals surface area contributed by atoms with Crippen LogP contribution in [0.3, 0.4) is 0 Å². The molecule has 0 saturated carbocycles. The Labute approximate surface area is 141 Å². The zero-order valence-electron chi connectivity index (χ0n) is 12.5. The molecule has 4 N–H and O–H groups in total. The maximum absolute atomic E-state index is 12.4. The molecular formula is C14H16BNO7S. The van der Waals surface area contributed by atoms with Gasteiger partial charge in [-0.25, -0.2) is 4.79 Å². The van der Waals surface area contributed by atoms with E-state index in [-0.39, 0.29) is 12.0 Å². The van der Waals surface area contributed by atoms with Crippen LogP contribution in [0.2, 0.25) is 0 Å². The summed E-state index contributed by atoms with van der Waals surface area (Å²) in [5, 5.41) is 31.9. The molecule has 1 fully saturated rings. The van der Waals surface area contributed by atoms with Crippen molar-refractivity contribution in [2.45, 2.75) is 31.3 Å². The van der Waals surface area contributed by atoms with Crippen LogP contribution in [0.5, 0.6) is 0 Å². The fourth-order valence-electron chi connectivity index (χ4n) is 2.41. The first-order chi connectivity index (χ1) is 11.4. The highest BCUT2D eigenvalue weighted by Crippen LogP contribution is 2.23. The summed E-state index contributed by atoms with van der Waals surface area (Å²) in [6, 6.07) is 3.31. The second-order valence-electron chi connectivity index (χ2n) is 5.28. The van der Waals surface area contributed by atoms with Crippen LogP contribution in [-0.2, 0) is 19.0 Å². The van der Waals surface area contributed by atoms with Gasteiger partial charge in [0.2, 0.25) is 0 Å². The number of carboxylic acid groups (broad SMARTS) is 2. The van der Waals surface area contributed by atoms with Gasteiger partial charge in [-0.1, -0.05) is 6.07 Å². The molecule has 24 heavy (non-hydrogen) atoms. The predicted octanol–water partition coefficient (Wildman–Crippen LogP) is 0.374. The Morgan fingerprint density at radius 2 is 2.12 bits per heavy atom. The molecule has 1 aliphatic rings. The molecule has 2 atom stereocenters. The minimum Gasteiger partial charge on any atom is -0.481 e. The maximum Gasteiger partial charge on any atom is 0.478 e. The fourth-order valence-corrected chi connectivity index (χ4v) is 3.15. The van der Waals surface area contributed by atoms with E-state index in [0.29, 0.717) is 17.7 Å². The van der Waals surface area contributed by atoms with Gasteiger partial charge in [0.05, 0.1) is 24.0 Å². The lowest BCUT2D eigenvalue weighted by Gasteiger charge is -2.31. The van der Waals surface area contributed by atoms with Gasteiger partial charge >= 0.3 is 19.1 Å². The van der Waals surface area contributed by atoms with Gasteiger partial charge in [-0.3, -0.25) is 9.59 Å². The number of hydrogen-bond donors (Lipinski definition) is 4. The molecule has 0 spiro atoms. The van der Waals surface area contributed by atoms with Crippen molar-refractivity contribution in [3.63, 3.8) is 0 Å². The number of amides is 1. The van der Waals surface area contributed by atoms with Crippen molar-refractivity contribution in [2.75, 3.05) is 0 Å². The van der Waals surface area contributed by atoms with E-state index in [4.69, 9.17) is 14.9 Å². The smallest absolute Gasteiger partial charge is 0.478 e. The van der Waals surface area contributed by atoms with Crippen molar-refractivity contribution in [1.82, 2.24) is 5.32 Å². The van der Waals surface area contributed by atoms with Gasteiger partial charge in [0.15, 0.2) is 0 Å². The summed E-state index contributed by atoms with van der Waals surface area (Å²) in [5.74, 6) is -3.65. The highest BCUT2D eigenvalue weighted by molar-refractivity contribution is 7.11. The van der Waals surface area contributed by atoms with E-state index in [1.54, 1.807) is 17.5 Å². The van der Waals surface area contributed by atoms with E-state index in [1.165, 1.54) is 11.3 Å². The van der Waals surface area contributed by atoms with Crippen LogP contribution in [0.1, 0.15) is 24.1 Å². The second kappa shape index (κ2) is 8.09. The monoisotopic (exact) mass is 353 g/mol. The van der Waals surface area contributed by atoms with Crippen LogP contribution >= 0.6 is 11.3 Å². The van der Waals surface area contributed by atoms with Gasteiger partial charge in [0, 0.05) is 11.0 Å². The molecule has 2 rings (SSSR count). The maximum atomic E-state index is 12.4. The Morgan fingerprint density at radius 1 is 1.38 bits per heavy atom.